The van der Waals surface area contributed by atoms with Crippen LogP contribution in [0.25, 0.3) is 0 Å². The van der Waals surface area contributed by atoms with Crippen molar-refractivity contribution in [1.82, 2.24) is 10.2 Å². The van der Waals surface area contributed by atoms with Crippen LogP contribution in [0.1, 0.15) is 23.6 Å². The van der Waals surface area contributed by atoms with Gasteiger partial charge in [-0.05, 0) is 39.5 Å². The van der Waals surface area contributed by atoms with Gasteiger partial charge in [-0.2, -0.15) is 0 Å². The van der Waals surface area contributed by atoms with Crippen molar-refractivity contribution < 1.29 is 14.0 Å². The van der Waals surface area contributed by atoms with Crippen LogP contribution in [0.4, 0.5) is 4.39 Å². The number of benzene rings is 1. The Balaban J connectivity index is 2.09. The zero-order valence-corrected chi connectivity index (χ0v) is 11.7. The molecule has 0 saturated carbocycles. The molecule has 1 aromatic carbocycles. The van der Waals surface area contributed by atoms with Gasteiger partial charge in [-0.15, -0.1) is 0 Å². The van der Waals surface area contributed by atoms with E-state index < -0.39 is 0 Å². The fourth-order valence-electron chi connectivity index (χ4n) is 2.77. The van der Waals surface area contributed by atoms with Crippen molar-refractivity contribution >= 4 is 27.7 Å². The molecule has 0 spiro atoms. The zero-order chi connectivity index (χ0) is 13.6. The Hall–Kier alpha value is -1.43. The van der Waals surface area contributed by atoms with E-state index in [2.05, 4.69) is 21.2 Å². The molecule has 1 fully saturated rings. The van der Waals surface area contributed by atoms with Crippen LogP contribution in [-0.2, 0) is 16.0 Å². The maximum atomic E-state index is 13.6. The minimum Gasteiger partial charge on any atom is -0.347 e. The lowest BCUT2D eigenvalue weighted by molar-refractivity contribution is -0.132. The molecule has 0 radical (unpaired) electrons. The first kappa shape index (κ1) is 12.6. The number of amides is 2. The fourth-order valence-corrected chi connectivity index (χ4v) is 3.33. The number of nitrogens with zero attached hydrogens (tertiary/aromatic N) is 1. The largest absolute Gasteiger partial charge is 0.347 e. The van der Waals surface area contributed by atoms with E-state index in [4.69, 9.17) is 0 Å². The maximum absolute atomic E-state index is 13.6. The van der Waals surface area contributed by atoms with Gasteiger partial charge in [0.25, 0.3) is 0 Å². The molecule has 2 aliphatic rings. The molecule has 1 saturated heterocycles. The lowest BCUT2D eigenvalue weighted by Gasteiger charge is -2.36. The molecule has 2 amide bonds. The summed E-state index contributed by atoms with van der Waals surface area (Å²) in [5, 5.41) is 2.59. The number of hydrogen-bond donors (Lipinski definition) is 1. The summed E-state index contributed by atoms with van der Waals surface area (Å²) in [5.74, 6) is -0.535. The van der Waals surface area contributed by atoms with Crippen LogP contribution >= 0.6 is 15.9 Å². The summed E-state index contributed by atoms with van der Waals surface area (Å²) >= 11 is 3.25. The van der Waals surface area contributed by atoms with Crippen LogP contribution in [0.2, 0.25) is 0 Å². The Morgan fingerprint density at radius 2 is 2.16 bits per heavy atom. The lowest BCUT2D eigenvalue weighted by atomic mass is 9.90. The predicted molar refractivity (Wildman–Crippen MR) is 69.9 cm³/mol. The molecular weight excluding hydrogens is 315 g/mol. The van der Waals surface area contributed by atoms with Gasteiger partial charge in [0, 0.05) is 6.54 Å². The van der Waals surface area contributed by atoms with E-state index in [0.717, 1.165) is 11.1 Å². The van der Waals surface area contributed by atoms with E-state index in [0.29, 0.717) is 17.4 Å². The van der Waals surface area contributed by atoms with Gasteiger partial charge in [-0.3, -0.25) is 9.59 Å². The number of rotatable bonds is 0. The van der Waals surface area contributed by atoms with Crippen LogP contribution in [-0.4, -0.2) is 29.8 Å². The standard InChI is InChI=1S/C13H12BrFN2O2/c14-13-8-3-4-17-10(7(8)1-2-9(13)15)5-11(18)16-6-12(17)19/h1-2,10H,3-6H2,(H,16,18). The smallest absolute Gasteiger partial charge is 0.242 e. The van der Waals surface area contributed by atoms with E-state index >= 15 is 0 Å². The summed E-state index contributed by atoms with van der Waals surface area (Å²) < 4.78 is 14.0. The zero-order valence-electron chi connectivity index (χ0n) is 10.1. The molecule has 19 heavy (non-hydrogen) atoms. The molecule has 6 heteroatoms. The highest BCUT2D eigenvalue weighted by atomic mass is 79.9. The second-order valence-electron chi connectivity index (χ2n) is 4.76. The van der Waals surface area contributed by atoms with E-state index in [-0.39, 0.29) is 36.6 Å². The van der Waals surface area contributed by atoms with E-state index in [9.17, 15) is 14.0 Å². The monoisotopic (exact) mass is 326 g/mol. The van der Waals surface area contributed by atoms with Gasteiger partial charge in [0.1, 0.15) is 5.82 Å². The van der Waals surface area contributed by atoms with Gasteiger partial charge in [-0.25, -0.2) is 4.39 Å². The predicted octanol–water partition coefficient (Wildman–Crippen LogP) is 1.53. The topological polar surface area (TPSA) is 49.4 Å². The van der Waals surface area contributed by atoms with Crippen LogP contribution in [0.5, 0.6) is 0 Å². The van der Waals surface area contributed by atoms with Crippen molar-refractivity contribution in [3.8, 4) is 0 Å². The molecule has 0 aliphatic carbocycles. The third-order valence-electron chi connectivity index (χ3n) is 3.71. The van der Waals surface area contributed by atoms with Gasteiger partial charge < -0.3 is 10.2 Å². The molecule has 3 rings (SSSR count). The van der Waals surface area contributed by atoms with Crippen molar-refractivity contribution in [1.29, 1.82) is 0 Å². The first-order valence-corrected chi connectivity index (χ1v) is 6.90. The summed E-state index contributed by atoms with van der Waals surface area (Å²) in [6.07, 6.45) is 0.834. The van der Waals surface area contributed by atoms with Crippen LogP contribution in [0.15, 0.2) is 16.6 Å². The van der Waals surface area contributed by atoms with Crippen molar-refractivity contribution in [2.24, 2.45) is 0 Å². The highest BCUT2D eigenvalue weighted by Crippen LogP contribution is 2.37. The second-order valence-corrected chi connectivity index (χ2v) is 5.56. The third kappa shape index (κ3) is 2.04. The number of hydrogen-bond acceptors (Lipinski definition) is 2. The molecule has 0 bridgehead atoms. The summed E-state index contributed by atoms with van der Waals surface area (Å²) in [4.78, 5) is 25.4. The first-order valence-electron chi connectivity index (χ1n) is 6.11. The van der Waals surface area contributed by atoms with Crippen molar-refractivity contribution in [2.75, 3.05) is 13.1 Å². The van der Waals surface area contributed by atoms with Crippen molar-refractivity contribution in [2.45, 2.75) is 18.9 Å². The maximum Gasteiger partial charge on any atom is 0.242 e. The van der Waals surface area contributed by atoms with Crippen LogP contribution < -0.4 is 5.32 Å². The molecule has 1 N–H and O–H groups in total. The van der Waals surface area contributed by atoms with Gasteiger partial charge in [0.2, 0.25) is 11.8 Å². The minimum absolute atomic E-state index is 0.0486. The number of fused-ring (bicyclic) bond motifs is 3. The molecule has 100 valence electrons. The average molecular weight is 327 g/mol. The SMILES string of the molecule is O=C1CC2c3ccc(F)c(Br)c3CCN2C(=O)CN1. The molecular formula is C13H12BrFN2O2. The van der Waals surface area contributed by atoms with E-state index in [1.165, 1.54) is 6.07 Å². The summed E-state index contributed by atoms with van der Waals surface area (Å²) in [6.45, 7) is 0.570. The Bertz CT molecular complexity index is 576. The molecule has 2 heterocycles. The second kappa shape index (κ2) is 4.59. The highest BCUT2D eigenvalue weighted by molar-refractivity contribution is 9.10. The third-order valence-corrected chi connectivity index (χ3v) is 4.56. The number of halogens is 2. The van der Waals surface area contributed by atoms with Crippen LogP contribution in [0.3, 0.4) is 0 Å². The minimum atomic E-state index is -0.309. The molecule has 0 aromatic heterocycles. The quantitative estimate of drug-likeness (QED) is 0.786. The summed E-state index contributed by atoms with van der Waals surface area (Å²) in [6, 6.07) is 2.77. The Morgan fingerprint density at radius 3 is 2.95 bits per heavy atom. The van der Waals surface area contributed by atoms with Crippen molar-refractivity contribution in [3.63, 3.8) is 0 Å². The van der Waals surface area contributed by atoms with Gasteiger partial charge >= 0.3 is 0 Å². The van der Waals surface area contributed by atoms with Gasteiger partial charge in [-0.1, -0.05) is 6.07 Å². The molecule has 2 aliphatic heterocycles. The highest BCUT2D eigenvalue weighted by Gasteiger charge is 2.35. The Kier molecular flexibility index (Phi) is 3.05. The Labute approximate surface area is 118 Å². The van der Waals surface area contributed by atoms with Crippen molar-refractivity contribution in [3.05, 3.63) is 33.5 Å². The first-order chi connectivity index (χ1) is 9.08. The van der Waals surface area contributed by atoms with Crippen LogP contribution in [0, 0.1) is 5.82 Å². The van der Waals surface area contributed by atoms with E-state index in [1.807, 2.05) is 0 Å². The number of carbonyl (C=O) groups is 2. The Morgan fingerprint density at radius 1 is 1.37 bits per heavy atom. The fraction of sp³-hybridized carbons (Fsp3) is 0.385. The average Bonchev–Trinajstić information content (AvgIpc) is 2.54. The normalized spacial score (nSPS) is 22.4. The number of carbonyl (C=O) groups excluding carboxylic acids is 2. The summed E-state index contributed by atoms with van der Waals surface area (Å²) in [5.41, 5.74) is 1.73. The molecule has 4 nitrogen and oxygen atoms in total. The van der Waals surface area contributed by atoms with E-state index in [1.54, 1.807) is 11.0 Å². The summed E-state index contributed by atoms with van der Waals surface area (Å²) in [7, 11) is 0. The lowest BCUT2D eigenvalue weighted by Crippen LogP contribution is -2.41. The van der Waals surface area contributed by atoms with Gasteiger partial charge in [0.05, 0.1) is 23.5 Å². The molecule has 1 aromatic rings. The molecule has 1 unspecified atom stereocenters. The number of nitrogens with one attached hydrogen (secondary N) is 1. The van der Waals surface area contributed by atoms with Gasteiger partial charge in [0.15, 0.2) is 0 Å². The molecule has 1 atom stereocenters.